The first-order valence-corrected chi connectivity index (χ1v) is 6.22. The highest BCUT2D eigenvalue weighted by Crippen LogP contribution is 2.17. The minimum absolute atomic E-state index is 0.417. The summed E-state index contributed by atoms with van der Waals surface area (Å²) >= 11 is 0. The van der Waals surface area contributed by atoms with Crippen LogP contribution < -0.4 is 11.1 Å². The molecule has 104 valence electrons. The lowest BCUT2D eigenvalue weighted by molar-refractivity contribution is 0.0458. The molecule has 2 rings (SSSR count). The summed E-state index contributed by atoms with van der Waals surface area (Å²) in [7, 11) is 3.86. The molecule has 6 nitrogen and oxygen atoms in total. The number of H-pyrrole nitrogens is 1. The lowest BCUT2D eigenvalue weighted by Gasteiger charge is -2.26. The number of aromatic nitrogens is 2. The van der Waals surface area contributed by atoms with Crippen LogP contribution in [0.1, 0.15) is 6.92 Å². The molecule has 1 aromatic heterocycles. The van der Waals surface area contributed by atoms with E-state index in [1.54, 1.807) is 6.92 Å². The lowest BCUT2D eigenvalue weighted by atomic mass is 10.1. The first kappa shape index (κ1) is 13.6. The Balaban J connectivity index is 2.05. The van der Waals surface area contributed by atoms with Gasteiger partial charge in [-0.15, -0.1) is 0 Å². The van der Waals surface area contributed by atoms with Crippen LogP contribution in [0.4, 0.5) is 11.6 Å². The van der Waals surface area contributed by atoms with Crippen molar-refractivity contribution in [3.05, 3.63) is 18.2 Å². The fraction of sp³-hybridized carbons (Fsp3) is 0.462. The van der Waals surface area contributed by atoms with Crippen molar-refractivity contribution in [2.24, 2.45) is 0 Å². The molecule has 19 heavy (non-hydrogen) atoms. The van der Waals surface area contributed by atoms with Gasteiger partial charge in [-0.2, -0.15) is 0 Å². The van der Waals surface area contributed by atoms with Gasteiger partial charge in [-0.1, -0.05) is 0 Å². The van der Waals surface area contributed by atoms with E-state index in [0.29, 0.717) is 24.7 Å². The SMILES string of the molecule is CN(C)CC(C)(O)CNc1nc2ccc(N)cc2[nH]1. The summed E-state index contributed by atoms with van der Waals surface area (Å²) in [6, 6.07) is 5.52. The summed E-state index contributed by atoms with van der Waals surface area (Å²) in [5.74, 6) is 0.639. The summed E-state index contributed by atoms with van der Waals surface area (Å²) in [6.07, 6.45) is 0. The van der Waals surface area contributed by atoms with Crippen molar-refractivity contribution in [1.29, 1.82) is 0 Å². The molecule has 0 aliphatic carbocycles. The summed E-state index contributed by atoms with van der Waals surface area (Å²) in [4.78, 5) is 9.47. The van der Waals surface area contributed by atoms with Gasteiger partial charge in [0.25, 0.3) is 0 Å². The Kier molecular flexibility index (Phi) is 3.64. The summed E-state index contributed by atoms with van der Waals surface area (Å²) < 4.78 is 0. The van der Waals surface area contributed by atoms with Crippen molar-refractivity contribution >= 4 is 22.7 Å². The fourth-order valence-electron chi connectivity index (χ4n) is 2.12. The minimum Gasteiger partial charge on any atom is -0.399 e. The molecule has 1 heterocycles. The third-order valence-corrected chi connectivity index (χ3v) is 2.80. The van der Waals surface area contributed by atoms with Crippen LogP contribution in [0.2, 0.25) is 0 Å². The second-order valence-corrected chi connectivity index (χ2v) is 5.45. The molecule has 0 radical (unpaired) electrons. The standard InChI is InChI=1S/C13H21N5O/c1-13(19,8-18(2)3)7-15-12-16-10-5-4-9(14)6-11(10)17-12/h4-6,19H,7-8,14H2,1-3H3,(H2,15,16,17). The number of aromatic amines is 1. The normalized spacial score (nSPS) is 14.8. The lowest BCUT2D eigenvalue weighted by Crippen LogP contribution is -2.43. The van der Waals surface area contributed by atoms with Gasteiger partial charge in [0.15, 0.2) is 0 Å². The highest BCUT2D eigenvalue weighted by atomic mass is 16.3. The Morgan fingerprint density at radius 3 is 2.89 bits per heavy atom. The molecule has 0 saturated heterocycles. The molecule has 1 atom stereocenters. The van der Waals surface area contributed by atoms with Crippen LogP contribution in [-0.2, 0) is 0 Å². The molecule has 1 aromatic carbocycles. The van der Waals surface area contributed by atoms with Gasteiger partial charge in [0.05, 0.1) is 16.6 Å². The number of nitrogens with one attached hydrogen (secondary N) is 2. The highest BCUT2D eigenvalue weighted by molar-refractivity contribution is 5.80. The Hall–Kier alpha value is -1.79. The topological polar surface area (TPSA) is 90.2 Å². The van der Waals surface area contributed by atoms with Crippen LogP contribution in [0.15, 0.2) is 18.2 Å². The van der Waals surface area contributed by atoms with Crippen molar-refractivity contribution in [2.45, 2.75) is 12.5 Å². The molecule has 5 N–H and O–H groups in total. The second-order valence-electron chi connectivity index (χ2n) is 5.45. The Labute approximate surface area is 112 Å². The van der Waals surface area contributed by atoms with Gasteiger partial charge in [-0.05, 0) is 39.2 Å². The van der Waals surface area contributed by atoms with Crippen LogP contribution in [-0.4, -0.2) is 52.8 Å². The smallest absolute Gasteiger partial charge is 0.201 e. The number of nitrogens with zero attached hydrogens (tertiary/aromatic N) is 2. The molecule has 0 spiro atoms. The van der Waals surface area contributed by atoms with Crippen molar-refractivity contribution in [3.63, 3.8) is 0 Å². The highest BCUT2D eigenvalue weighted by Gasteiger charge is 2.21. The Bertz CT molecular complexity index is 561. The average molecular weight is 263 g/mol. The third kappa shape index (κ3) is 3.59. The molecular formula is C13H21N5O. The van der Waals surface area contributed by atoms with E-state index in [0.717, 1.165) is 11.0 Å². The van der Waals surface area contributed by atoms with Crippen LogP contribution >= 0.6 is 0 Å². The number of nitrogens with two attached hydrogens (primary N) is 1. The van der Waals surface area contributed by atoms with Gasteiger partial charge in [-0.25, -0.2) is 4.98 Å². The molecule has 0 fully saturated rings. The summed E-state index contributed by atoms with van der Waals surface area (Å²) in [6.45, 7) is 2.79. The zero-order valence-electron chi connectivity index (χ0n) is 11.6. The predicted octanol–water partition coefficient (Wildman–Crippen LogP) is 0.870. The van der Waals surface area contributed by atoms with Gasteiger partial charge in [0.2, 0.25) is 5.95 Å². The monoisotopic (exact) mass is 263 g/mol. The van der Waals surface area contributed by atoms with Crippen LogP contribution in [0.5, 0.6) is 0 Å². The van der Waals surface area contributed by atoms with E-state index in [-0.39, 0.29) is 0 Å². The number of hydrogen-bond acceptors (Lipinski definition) is 5. The van der Waals surface area contributed by atoms with Crippen LogP contribution in [0.3, 0.4) is 0 Å². The van der Waals surface area contributed by atoms with Gasteiger partial charge in [0.1, 0.15) is 0 Å². The quantitative estimate of drug-likeness (QED) is 0.601. The maximum absolute atomic E-state index is 10.2. The minimum atomic E-state index is -0.818. The van der Waals surface area contributed by atoms with E-state index in [1.807, 2.05) is 37.2 Å². The van der Waals surface area contributed by atoms with Crippen LogP contribution in [0.25, 0.3) is 11.0 Å². The third-order valence-electron chi connectivity index (χ3n) is 2.80. The largest absolute Gasteiger partial charge is 0.399 e. The summed E-state index contributed by atoms with van der Waals surface area (Å²) in [5, 5.41) is 13.3. The number of benzene rings is 1. The number of anilines is 2. The van der Waals surface area contributed by atoms with Crippen molar-refractivity contribution in [2.75, 3.05) is 38.2 Å². The molecule has 0 aliphatic heterocycles. The molecule has 0 saturated carbocycles. The van der Waals surface area contributed by atoms with Gasteiger partial charge in [0, 0.05) is 18.8 Å². The van der Waals surface area contributed by atoms with E-state index in [2.05, 4.69) is 15.3 Å². The molecular weight excluding hydrogens is 242 g/mol. The number of likely N-dealkylation sites (N-methyl/N-ethyl adjacent to an activating group) is 1. The zero-order valence-corrected chi connectivity index (χ0v) is 11.6. The summed E-state index contributed by atoms with van der Waals surface area (Å²) in [5.41, 5.74) is 7.33. The number of aliphatic hydroxyl groups is 1. The maximum atomic E-state index is 10.2. The van der Waals surface area contributed by atoms with E-state index >= 15 is 0 Å². The molecule has 0 aliphatic rings. The molecule has 0 bridgehead atoms. The van der Waals surface area contributed by atoms with E-state index in [4.69, 9.17) is 5.73 Å². The second kappa shape index (κ2) is 5.07. The predicted molar refractivity (Wildman–Crippen MR) is 78.2 cm³/mol. The van der Waals surface area contributed by atoms with Gasteiger partial charge in [-0.3, -0.25) is 0 Å². The molecule has 0 amide bonds. The van der Waals surface area contributed by atoms with E-state index < -0.39 is 5.60 Å². The average Bonchev–Trinajstić information content (AvgIpc) is 2.66. The Morgan fingerprint density at radius 1 is 1.47 bits per heavy atom. The Morgan fingerprint density at radius 2 is 2.21 bits per heavy atom. The number of hydrogen-bond donors (Lipinski definition) is 4. The van der Waals surface area contributed by atoms with Crippen molar-refractivity contribution in [1.82, 2.24) is 14.9 Å². The molecule has 6 heteroatoms. The number of rotatable bonds is 5. The molecule has 2 aromatic rings. The van der Waals surface area contributed by atoms with Crippen molar-refractivity contribution in [3.8, 4) is 0 Å². The number of fused-ring (bicyclic) bond motifs is 1. The number of nitrogen functional groups attached to an aromatic ring is 1. The molecule has 1 unspecified atom stereocenters. The van der Waals surface area contributed by atoms with Gasteiger partial charge >= 0.3 is 0 Å². The fourth-order valence-corrected chi connectivity index (χ4v) is 2.12. The van der Waals surface area contributed by atoms with E-state index in [1.165, 1.54) is 0 Å². The number of imidazole rings is 1. The first-order chi connectivity index (χ1) is 8.85. The van der Waals surface area contributed by atoms with Crippen molar-refractivity contribution < 1.29 is 5.11 Å². The van der Waals surface area contributed by atoms with E-state index in [9.17, 15) is 5.11 Å². The zero-order chi connectivity index (χ0) is 14.0. The maximum Gasteiger partial charge on any atom is 0.201 e. The first-order valence-electron chi connectivity index (χ1n) is 6.22. The van der Waals surface area contributed by atoms with Crippen LogP contribution in [0, 0.1) is 0 Å². The van der Waals surface area contributed by atoms with Gasteiger partial charge < -0.3 is 26.0 Å².